The van der Waals surface area contributed by atoms with Crippen molar-refractivity contribution in [1.29, 1.82) is 0 Å². The van der Waals surface area contributed by atoms with Crippen molar-refractivity contribution in [3.05, 3.63) is 29.3 Å². The summed E-state index contributed by atoms with van der Waals surface area (Å²) in [6.07, 6.45) is 2.36. The Bertz CT molecular complexity index is 443. The Labute approximate surface area is 107 Å². The van der Waals surface area contributed by atoms with E-state index in [2.05, 4.69) is 6.07 Å². The minimum atomic E-state index is -0.760. The third kappa shape index (κ3) is 2.82. The first-order valence-electron chi connectivity index (χ1n) is 6.22. The Morgan fingerprint density at radius 3 is 2.94 bits per heavy atom. The van der Waals surface area contributed by atoms with Gasteiger partial charge in [-0.3, -0.25) is 9.69 Å². The van der Waals surface area contributed by atoms with E-state index in [1.165, 1.54) is 11.1 Å². The normalized spacial score (nSPS) is 15.3. The first-order valence-corrected chi connectivity index (χ1v) is 6.22. The topological polar surface area (TPSA) is 49.8 Å². The molecular weight excluding hydrogens is 230 g/mol. The maximum absolute atomic E-state index is 11.1. The summed E-state index contributed by atoms with van der Waals surface area (Å²) in [6, 6.07) is 5.73. The van der Waals surface area contributed by atoms with Crippen LogP contribution in [-0.4, -0.2) is 42.7 Å². The van der Waals surface area contributed by atoms with Gasteiger partial charge in [0.05, 0.1) is 6.61 Å². The first-order chi connectivity index (χ1) is 8.58. The van der Waals surface area contributed by atoms with Crippen LogP contribution in [0.4, 0.5) is 0 Å². The van der Waals surface area contributed by atoms with Gasteiger partial charge in [0.1, 0.15) is 11.8 Å². The van der Waals surface area contributed by atoms with Gasteiger partial charge >= 0.3 is 5.97 Å². The highest BCUT2D eigenvalue weighted by atomic mass is 16.5. The highest BCUT2D eigenvalue weighted by Crippen LogP contribution is 2.26. The van der Waals surface area contributed by atoms with Crippen molar-refractivity contribution >= 4 is 5.97 Å². The van der Waals surface area contributed by atoms with Gasteiger partial charge in [0.25, 0.3) is 0 Å². The zero-order valence-corrected chi connectivity index (χ0v) is 10.8. The lowest BCUT2D eigenvalue weighted by Crippen LogP contribution is -2.35. The van der Waals surface area contributed by atoms with Crippen LogP contribution >= 0.6 is 0 Å². The molecule has 4 heteroatoms. The average Bonchev–Trinajstić information content (AvgIpc) is 2.75. The molecule has 0 saturated carbocycles. The molecule has 1 heterocycles. The molecule has 0 saturated heterocycles. The largest absolute Gasteiger partial charge is 0.493 e. The fraction of sp³-hybridized carbons (Fsp3) is 0.500. The van der Waals surface area contributed by atoms with Gasteiger partial charge in [-0.15, -0.1) is 0 Å². The van der Waals surface area contributed by atoms with E-state index in [9.17, 15) is 4.79 Å². The molecule has 1 aliphatic heterocycles. The van der Waals surface area contributed by atoms with Gasteiger partial charge in [0.15, 0.2) is 0 Å². The van der Waals surface area contributed by atoms with E-state index in [1.54, 1.807) is 19.0 Å². The number of hydrogen-bond donors (Lipinski definition) is 1. The number of carboxylic acid groups (broad SMARTS) is 1. The standard InChI is InChI=1S/C14H19NO3/c1-15(2)12(14(16)17)5-3-10-4-6-13-11(9-10)7-8-18-13/h4,6,9,12H,3,5,7-8H2,1-2H3,(H,16,17). The highest BCUT2D eigenvalue weighted by molar-refractivity contribution is 5.73. The Balaban J connectivity index is 1.99. The number of aliphatic carboxylic acids is 1. The molecule has 0 bridgehead atoms. The van der Waals surface area contributed by atoms with Crippen molar-refractivity contribution in [3.8, 4) is 5.75 Å². The van der Waals surface area contributed by atoms with Crippen LogP contribution in [0.15, 0.2) is 18.2 Å². The molecule has 1 aliphatic rings. The van der Waals surface area contributed by atoms with Crippen LogP contribution < -0.4 is 4.74 Å². The summed E-state index contributed by atoms with van der Waals surface area (Å²) in [5.74, 6) is 0.214. The van der Waals surface area contributed by atoms with Gasteiger partial charge in [-0.2, -0.15) is 0 Å². The lowest BCUT2D eigenvalue weighted by Gasteiger charge is -2.19. The number of carbonyl (C=O) groups is 1. The molecule has 0 spiro atoms. The van der Waals surface area contributed by atoms with Crippen molar-refractivity contribution in [2.75, 3.05) is 20.7 Å². The summed E-state index contributed by atoms with van der Waals surface area (Å²) in [4.78, 5) is 12.8. The third-order valence-electron chi connectivity index (χ3n) is 3.37. The summed E-state index contributed by atoms with van der Waals surface area (Å²) >= 11 is 0. The molecule has 1 atom stereocenters. The fourth-order valence-electron chi connectivity index (χ4n) is 2.30. The highest BCUT2D eigenvalue weighted by Gasteiger charge is 2.20. The van der Waals surface area contributed by atoms with Crippen LogP contribution in [0.2, 0.25) is 0 Å². The Morgan fingerprint density at radius 1 is 1.50 bits per heavy atom. The minimum absolute atomic E-state index is 0.422. The van der Waals surface area contributed by atoms with E-state index >= 15 is 0 Å². The summed E-state index contributed by atoms with van der Waals surface area (Å²) in [7, 11) is 3.60. The van der Waals surface area contributed by atoms with Crippen LogP contribution in [0.3, 0.4) is 0 Å². The van der Waals surface area contributed by atoms with Crippen molar-refractivity contribution in [3.63, 3.8) is 0 Å². The zero-order valence-electron chi connectivity index (χ0n) is 10.8. The number of ether oxygens (including phenoxy) is 1. The second-order valence-corrected chi connectivity index (χ2v) is 4.90. The molecule has 98 valence electrons. The lowest BCUT2D eigenvalue weighted by atomic mass is 10.0. The monoisotopic (exact) mass is 249 g/mol. The first kappa shape index (κ1) is 12.9. The molecule has 1 aromatic rings. The van der Waals surface area contributed by atoms with E-state index < -0.39 is 12.0 Å². The molecule has 1 unspecified atom stereocenters. The van der Waals surface area contributed by atoms with E-state index in [0.29, 0.717) is 6.42 Å². The smallest absolute Gasteiger partial charge is 0.320 e. The summed E-state index contributed by atoms with van der Waals surface area (Å²) < 4.78 is 5.45. The molecule has 4 nitrogen and oxygen atoms in total. The van der Waals surface area contributed by atoms with E-state index in [-0.39, 0.29) is 0 Å². The molecular formula is C14H19NO3. The number of likely N-dealkylation sites (N-methyl/N-ethyl adjacent to an activating group) is 1. The third-order valence-corrected chi connectivity index (χ3v) is 3.37. The van der Waals surface area contributed by atoms with Crippen LogP contribution in [0.5, 0.6) is 5.75 Å². The van der Waals surface area contributed by atoms with Gasteiger partial charge in [0, 0.05) is 6.42 Å². The fourth-order valence-corrected chi connectivity index (χ4v) is 2.30. The van der Waals surface area contributed by atoms with Crippen LogP contribution in [0.25, 0.3) is 0 Å². The zero-order chi connectivity index (χ0) is 13.1. The molecule has 0 aliphatic carbocycles. The van der Waals surface area contributed by atoms with Gasteiger partial charge in [-0.05, 0) is 44.1 Å². The second kappa shape index (κ2) is 5.40. The van der Waals surface area contributed by atoms with E-state index in [0.717, 1.165) is 25.2 Å². The number of carboxylic acids is 1. The maximum Gasteiger partial charge on any atom is 0.320 e. The summed E-state index contributed by atoms with van der Waals surface area (Å²) in [5, 5.41) is 9.11. The number of hydrogen-bond acceptors (Lipinski definition) is 3. The molecule has 1 aromatic carbocycles. The predicted molar refractivity (Wildman–Crippen MR) is 69.1 cm³/mol. The predicted octanol–water partition coefficient (Wildman–Crippen LogP) is 1.57. The van der Waals surface area contributed by atoms with Crippen molar-refractivity contribution < 1.29 is 14.6 Å². The SMILES string of the molecule is CN(C)C(CCc1ccc2c(c1)CCO2)C(=O)O. The molecule has 0 amide bonds. The Hall–Kier alpha value is -1.55. The quantitative estimate of drug-likeness (QED) is 0.860. The van der Waals surface area contributed by atoms with Gasteiger partial charge in [-0.1, -0.05) is 12.1 Å². The molecule has 0 aromatic heterocycles. The van der Waals surface area contributed by atoms with Gasteiger partial charge in [-0.25, -0.2) is 0 Å². The number of fused-ring (bicyclic) bond motifs is 1. The minimum Gasteiger partial charge on any atom is -0.493 e. The van der Waals surface area contributed by atoms with E-state index in [4.69, 9.17) is 9.84 Å². The molecule has 0 radical (unpaired) electrons. The van der Waals surface area contributed by atoms with Crippen molar-refractivity contribution in [1.82, 2.24) is 4.90 Å². The maximum atomic E-state index is 11.1. The Morgan fingerprint density at radius 2 is 2.28 bits per heavy atom. The number of benzene rings is 1. The molecule has 0 fully saturated rings. The number of nitrogens with zero attached hydrogens (tertiary/aromatic N) is 1. The summed E-state index contributed by atoms with van der Waals surface area (Å²) in [6.45, 7) is 0.758. The van der Waals surface area contributed by atoms with Gasteiger partial charge < -0.3 is 9.84 Å². The van der Waals surface area contributed by atoms with Crippen LogP contribution in [0, 0.1) is 0 Å². The number of aryl methyl sites for hydroxylation is 1. The molecule has 2 rings (SSSR count). The summed E-state index contributed by atoms with van der Waals surface area (Å²) in [5.41, 5.74) is 2.43. The Kier molecular flexibility index (Phi) is 3.87. The van der Waals surface area contributed by atoms with Gasteiger partial charge in [0.2, 0.25) is 0 Å². The van der Waals surface area contributed by atoms with Crippen LogP contribution in [0.1, 0.15) is 17.5 Å². The molecule has 1 N–H and O–H groups in total. The average molecular weight is 249 g/mol. The lowest BCUT2D eigenvalue weighted by molar-refractivity contribution is -0.142. The van der Waals surface area contributed by atoms with Crippen molar-refractivity contribution in [2.45, 2.75) is 25.3 Å². The molecule has 18 heavy (non-hydrogen) atoms. The number of rotatable bonds is 5. The van der Waals surface area contributed by atoms with Crippen molar-refractivity contribution in [2.24, 2.45) is 0 Å². The van der Waals surface area contributed by atoms with Crippen LogP contribution in [-0.2, 0) is 17.6 Å². The second-order valence-electron chi connectivity index (χ2n) is 4.90. The van der Waals surface area contributed by atoms with E-state index in [1.807, 2.05) is 12.1 Å².